The Hall–Kier alpha value is -0.610. The number of hydrogen-bond acceptors (Lipinski definition) is 3. The SMILES string of the molecule is CC(C)CN1CCN(C(=O)CN(C)C)CC1. The molecule has 0 radical (unpaired) electrons. The van der Waals surface area contributed by atoms with Gasteiger partial charge in [-0.05, 0) is 20.0 Å². The van der Waals surface area contributed by atoms with Crippen molar-refractivity contribution in [3.8, 4) is 0 Å². The van der Waals surface area contributed by atoms with Crippen molar-refractivity contribution in [1.82, 2.24) is 14.7 Å². The molecule has 16 heavy (non-hydrogen) atoms. The monoisotopic (exact) mass is 227 g/mol. The number of rotatable bonds is 4. The van der Waals surface area contributed by atoms with Gasteiger partial charge in [-0.25, -0.2) is 0 Å². The van der Waals surface area contributed by atoms with Crippen LogP contribution in [-0.2, 0) is 4.79 Å². The fourth-order valence-electron chi connectivity index (χ4n) is 2.07. The van der Waals surface area contributed by atoms with Gasteiger partial charge >= 0.3 is 0 Å². The number of piperazine rings is 1. The maximum atomic E-state index is 11.8. The maximum Gasteiger partial charge on any atom is 0.236 e. The highest BCUT2D eigenvalue weighted by Gasteiger charge is 2.21. The number of carbonyl (C=O) groups is 1. The van der Waals surface area contributed by atoms with E-state index in [-0.39, 0.29) is 5.91 Å². The summed E-state index contributed by atoms with van der Waals surface area (Å²) in [5.74, 6) is 0.971. The van der Waals surface area contributed by atoms with Gasteiger partial charge in [-0.1, -0.05) is 13.8 Å². The van der Waals surface area contributed by atoms with Gasteiger partial charge in [0.15, 0.2) is 0 Å². The van der Waals surface area contributed by atoms with Gasteiger partial charge in [-0.2, -0.15) is 0 Å². The fourth-order valence-corrected chi connectivity index (χ4v) is 2.07. The van der Waals surface area contributed by atoms with Gasteiger partial charge < -0.3 is 9.80 Å². The average molecular weight is 227 g/mol. The zero-order valence-electron chi connectivity index (χ0n) is 11.1. The summed E-state index contributed by atoms with van der Waals surface area (Å²) in [6, 6.07) is 0. The second-order valence-electron chi connectivity index (χ2n) is 5.31. The standard InChI is InChI=1S/C12H25N3O/c1-11(2)9-14-5-7-15(8-6-14)12(16)10-13(3)4/h11H,5-10H2,1-4H3. The molecule has 1 aliphatic heterocycles. The first-order valence-corrected chi connectivity index (χ1v) is 6.14. The van der Waals surface area contributed by atoms with E-state index < -0.39 is 0 Å². The van der Waals surface area contributed by atoms with E-state index in [2.05, 4.69) is 18.7 Å². The Morgan fingerprint density at radius 2 is 1.75 bits per heavy atom. The predicted octanol–water partition coefficient (Wildman–Crippen LogP) is 0.348. The summed E-state index contributed by atoms with van der Waals surface area (Å²) in [4.78, 5) is 18.2. The van der Waals surface area contributed by atoms with Crippen LogP contribution in [0.1, 0.15) is 13.8 Å². The van der Waals surface area contributed by atoms with Crippen molar-refractivity contribution in [2.24, 2.45) is 5.92 Å². The van der Waals surface area contributed by atoms with Gasteiger partial charge in [0.1, 0.15) is 0 Å². The lowest BCUT2D eigenvalue weighted by molar-refractivity contribution is -0.133. The largest absolute Gasteiger partial charge is 0.339 e. The average Bonchev–Trinajstić information content (AvgIpc) is 2.16. The minimum Gasteiger partial charge on any atom is -0.339 e. The molecule has 0 aliphatic carbocycles. The van der Waals surface area contributed by atoms with Crippen LogP contribution >= 0.6 is 0 Å². The first-order valence-electron chi connectivity index (χ1n) is 6.14. The van der Waals surface area contributed by atoms with Gasteiger partial charge in [0, 0.05) is 32.7 Å². The second-order valence-corrected chi connectivity index (χ2v) is 5.31. The molecule has 0 aromatic carbocycles. The Bertz CT molecular complexity index is 220. The van der Waals surface area contributed by atoms with Crippen molar-refractivity contribution >= 4 is 5.91 Å². The molecule has 0 aromatic heterocycles. The molecule has 1 saturated heterocycles. The molecule has 0 bridgehead atoms. The van der Waals surface area contributed by atoms with E-state index in [1.807, 2.05) is 23.9 Å². The molecule has 4 nitrogen and oxygen atoms in total. The van der Waals surface area contributed by atoms with Crippen LogP contribution in [0.15, 0.2) is 0 Å². The lowest BCUT2D eigenvalue weighted by Gasteiger charge is -2.36. The van der Waals surface area contributed by atoms with Crippen LogP contribution in [0.25, 0.3) is 0 Å². The Morgan fingerprint density at radius 3 is 2.19 bits per heavy atom. The first-order chi connectivity index (χ1) is 7.49. The van der Waals surface area contributed by atoms with Crippen molar-refractivity contribution in [2.45, 2.75) is 13.8 Å². The van der Waals surface area contributed by atoms with Crippen LogP contribution in [0.5, 0.6) is 0 Å². The Labute approximate surface area is 99.2 Å². The molecular formula is C12H25N3O. The molecular weight excluding hydrogens is 202 g/mol. The van der Waals surface area contributed by atoms with Crippen molar-refractivity contribution in [1.29, 1.82) is 0 Å². The topological polar surface area (TPSA) is 26.8 Å². The first kappa shape index (κ1) is 13.5. The van der Waals surface area contributed by atoms with Crippen LogP contribution in [-0.4, -0.2) is 74.0 Å². The van der Waals surface area contributed by atoms with Crippen molar-refractivity contribution in [2.75, 3.05) is 53.4 Å². The zero-order chi connectivity index (χ0) is 12.1. The van der Waals surface area contributed by atoms with Crippen LogP contribution < -0.4 is 0 Å². The molecule has 0 unspecified atom stereocenters. The Balaban J connectivity index is 2.28. The van der Waals surface area contributed by atoms with Crippen LogP contribution in [0.2, 0.25) is 0 Å². The van der Waals surface area contributed by atoms with Gasteiger partial charge in [0.05, 0.1) is 6.54 Å². The molecule has 1 heterocycles. The molecule has 1 aliphatic rings. The molecule has 4 heteroatoms. The zero-order valence-corrected chi connectivity index (χ0v) is 11.1. The summed E-state index contributed by atoms with van der Waals surface area (Å²) < 4.78 is 0. The third-order valence-corrected chi connectivity index (χ3v) is 2.80. The summed E-state index contributed by atoms with van der Waals surface area (Å²) in [5.41, 5.74) is 0. The van der Waals surface area contributed by atoms with E-state index in [4.69, 9.17) is 0 Å². The van der Waals surface area contributed by atoms with E-state index >= 15 is 0 Å². The van der Waals surface area contributed by atoms with Gasteiger partial charge in [-0.3, -0.25) is 9.69 Å². The minimum absolute atomic E-state index is 0.259. The quantitative estimate of drug-likeness (QED) is 0.693. The summed E-state index contributed by atoms with van der Waals surface area (Å²) in [6.45, 7) is 9.99. The van der Waals surface area contributed by atoms with Gasteiger partial charge in [0.2, 0.25) is 5.91 Å². The summed E-state index contributed by atoms with van der Waals surface area (Å²) in [6.07, 6.45) is 0. The maximum absolute atomic E-state index is 11.8. The number of carbonyl (C=O) groups excluding carboxylic acids is 1. The van der Waals surface area contributed by atoms with E-state index in [1.54, 1.807) is 0 Å². The molecule has 1 fully saturated rings. The van der Waals surface area contributed by atoms with Crippen LogP contribution in [0, 0.1) is 5.92 Å². The summed E-state index contributed by atoms with van der Waals surface area (Å²) in [7, 11) is 3.87. The fraction of sp³-hybridized carbons (Fsp3) is 0.917. The molecule has 0 spiro atoms. The number of nitrogens with zero attached hydrogens (tertiary/aromatic N) is 3. The molecule has 0 saturated carbocycles. The summed E-state index contributed by atoms with van der Waals surface area (Å²) in [5, 5.41) is 0. The molecule has 1 amide bonds. The normalized spacial score (nSPS) is 18.5. The van der Waals surface area contributed by atoms with Crippen molar-refractivity contribution < 1.29 is 4.79 Å². The van der Waals surface area contributed by atoms with E-state index in [1.165, 1.54) is 0 Å². The highest BCUT2D eigenvalue weighted by molar-refractivity contribution is 5.78. The highest BCUT2D eigenvalue weighted by atomic mass is 16.2. The van der Waals surface area contributed by atoms with Crippen LogP contribution in [0.3, 0.4) is 0 Å². The predicted molar refractivity (Wildman–Crippen MR) is 66.4 cm³/mol. The lowest BCUT2D eigenvalue weighted by atomic mass is 10.2. The van der Waals surface area contributed by atoms with Crippen molar-refractivity contribution in [3.63, 3.8) is 0 Å². The third kappa shape index (κ3) is 4.49. The second kappa shape index (κ2) is 6.21. The molecule has 1 rings (SSSR count). The molecule has 0 atom stereocenters. The number of amides is 1. The minimum atomic E-state index is 0.259. The lowest BCUT2D eigenvalue weighted by Crippen LogP contribution is -2.51. The van der Waals surface area contributed by atoms with Gasteiger partial charge in [0.25, 0.3) is 0 Å². The number of likely N-dealkylation sites (N-methyl/N-ethyl adjacent to an activating group) is 1. The van der Waals surface area contributed by atoms with E-state index in [9.17, 15) is 4.79 Å². The molecule has 0 N–H and O–H groups in total. The molecule has 94 valence electrons. The summed E-state index contributed by atoms with van der Waals surface area (Å²) >= 11 is 0. The highest BCUT2D eigenvalue weighted by Crippen LogP contribution is 2.05. The van der Waals surface area contributed by atoms with E-state index in [0.29, 0.717) is 12.5 Å². The molecule has 0 aromatic rings. The number of hydrogen-bond donors (Lipinski definition) is 0. The van der Waals surface area contributed by atoms with Crippen LogP contribution in [0.4, 0.5) is 0 Å². The van der Waals surface area contributed by atoms with E-state index in [0.717, 1.165) is 32.7 Å². The Morgan fingerprint density at radius 1 is 1.19 bits per heavy atom. The van der Waals surface area contributed by atoms with Crippen molar-refractivity contribution in [3.05, 3.63) is 0 Å². The third-order valence-electron chi connectivity index (χ3n) is 2.80. The van der Waals surface area contributed by atoms with Gasteiger partial charge in [-0.15, -0.1) is 0 Å². The smallest absolute Gasteiger partial charge is 0.236 e. The Kier molecular flexibility index (Phi) is 5.22.